The van der Waals surface area contributed by atoms with E-state index in [0.717, 1.165) is 30.4 Å². The topological polar surface area (TPSA) is 79.3 Å². The van der Waals surface area contributed by atoms with Crippen molar-refractivity contribution < 1.29 is 24.5 Å². The summed E-state index contributed by atoms with van der Waals surface area (Å²) in [7, 11) is 0. The van der Waals surface area contributed by atoms with E-state index in [1.54, 1.807) is 6.92 Å². The second kappa shape index (κ2) is 6.62. The average Bonchev–Trinajstić information content (AvgIpc) is 3.25. The summed E-state index contributed by atoms with van der Waals surface area (Å²) in [5.74, 6) is 0.201. The lowest BCUT2D eigenvalue weighted by Gasteiger charge is -2.46. The van der Waals surface area contributed by atoms with Crippen molar-refractivity contribution in [1.29, 1.82) is 0 Å². The molecule has 0 aromatic heterocycles. The van der Waals surface area contributed by atoms with Crippen molar-refractivity contribution in [1.82, 2.24) is 0 Å². The van der Waals surface area contributed by atoms with E-state index < -0.39 is 23.4 Å². The molecule has 2 heterocycles. The van der Waals surface area contributed by atoms with E-state index in [4.69, 9.17) is 9.47 Å². The van der Waals surface area contributed by atoms with Gasteiger partial charge in [-0.25, -0.2) is 0 Å². The summed E-state index contributed by atoms with van der Waals surface area (Å²) in [5.41, 5.74) is 0.724. The van der Waals surface area contributed by atoms with E-state index >= 15 is 0 Å². The Morgan fingerprint density at radius 3 is 2.68 bits per heavy atom. The summed E-state index contributed by atoms with van der Waals surface area (Å²) < 4.78 is 12.2. The number of unbranched alkanes of at least 4 members (excludes halogenated alkanes) is 1. The fourth-order valence-corrected chi connectivity index (χ4v) is 4.19. The Kier molecular flexibility index (Phi) is 4.97. The maximum absolute atomic E-state index is 11.0. The third-order valence-corrected chi connectivity index (χ3v) is 5.82. The van der Waals surface area contributed by atoms with Crippen LogP contribution in [0, 0.1) is 0 Å². The van der Waals surface area contributed by atoms with Gasteiger partial charge in [-0.3, -0.25) is 0 Å². The summed E-state index contributed by atoms with van der Waals surface area (Å²) in [5, 5.41) is 21.1. The Morgan fingerprint density at radius 1 is 1.32 bits per heavy atom. The molecule has 25 heavy (non-hydrogen) atoms. The van der Waals surface area contributed by atoms with Crippen molar-refractivity contribution in [3.63, 3.8) is 0 Å². The number of hydrogen-bond acceptors (Lipinski definition) is 5. The molecule has 5 heteroatoms. The fourth-order valence-electron chi connectivity index (χ4n) is 4.19. The van der Waals surface area contributed by atoms with Crippen LogP contribution in [0.1, 0.15) is 59.8 Å². The van der Waals surface area contributed by atoms with Gasteiger partial charge in [-0.1, -0.05) is 19.1 Å². The van der Waals surface area contributed by atoms with Gasteiger partial charge in [0.15, 0.2) is 0 Å². The number of ketones is 1. The number of carbonyl (C=O) groups is 1. The van der Waals surface area contributed by atoms with Gasteiger partial charge in [0.1, 0.15) is 29.7 Å². The lowest BCUT2D eigenvalue weighted by atomic mass is 9.72. The minimum atomic E-state index is -0.688. The van der Waals surface area contributed by atoms with Crippen LogP contribution in [0.2, 0.25) is 0 Å². The van der Waals surface area contributed by atoms with Gasteiger partial charge < -0.3 is 24.5 Å². The molecule has 2 fully saturated rings. The Bertz CT molecular complexity index is 605. The van der Waals surface area contributed by atoms with Crippen LogP contribution < -0.4 is 0 Å². The van der Waals surface area contributed by atoms with Crippen molar-refractivity contribution in [2.24, 2.45) is 0 Å². The number of aliphatic hydroxyl groups is 2. The van der Waals surface area contributed by atoms with Crippen LogP contribution in [0.5, 0.6) is 0 Å². The Labute approximate surface area is 149 Å². The first-order valence-corrected chi connectivity index (χ1v) is 9.33. The number of carbonyl (C=O) groups excluding carboxylic acids is 1. The highest BCUT2D eigenvalue weighted by Gasteiger charge is 2.72. The highest BCUT2D eigenvalue weighted by molar-refractivity contribution is 5.75. The van der Waals surface area contributed by atoms with Gasteiger partial charge in [0.05, 0.1) is 11.7 Å². The molecule has 0 saturated carbocycles. The summed E-state index contributed by atoms with van der Waals surface area (Å²) in [4.78, 5) is 11.0. The molecule has 2 aliphatic heterocycles. The van der Waals surface area contributed by atoms with Crippen molar-refractivity contribution in [2.45, 2.75) is 95.4 Å². The van der Waals surface area contributed by atoms with Crippen LogP contribution in [-0.2, 0) is 14.3 Å². The Hall–Kier alpha value is -1.01. The second-order valence-electron chi connectivity index (χ2n) is 8.09. The number of hydrogen-bond donors (Lipinski definition) is 2. The molecule has 5 atom stereocenters. The van der Waals surface area contributed by atoms with Crippen LogP contribution in [-0.4, -0.2) is 51.6 Å². The minimum absolute atomic E-state index is 0.201. The Morgan fingerprint density at radius 2 is 2.04 bits per heavy atom. The lowest BCUT2D eigenvalue weighted by Crippen LogP contribution is -2.58. The third-order valence-electron chi connectivity index (χ3n) is 5.82. The van der Waals surface area contributed by atoms with E-state index in [-0.39, 0.29) is 18.0 Å². The molecule has 0 aromatic rings. The van der Waals surface area contributed by atoms with Gasteiger partial charge in [-0.15, -0.1) is 0 Å². The molecule has 2 saturated heterocycles. The summed E-state index contributed by atoms with van der Waals surface area (Å²) >= 11 is 0. The molecule has 0 aromatic carbocycles. The summed E-state index contributed by atoms with van der Waals surface area (Å²) in [6, 6.07) is 0. The van der Waals surface area contributed by atoms with Crippen LogP contribution in [0.4, 0.5) is 0 Å². The fraction of sp³-hybridized carbons (Fsp3) is 0.750. The quantitative estimate of drug-likeness (QED) is 0.568. The van der Waals surface area contributed by atoms with Crippen molar-refractivity contribution in [3.05, 3.63) is 23.3 Å². The largest absolute Gasteiger partial charge is 0.390 e. The van der Waals surface area contributed by atoms with Gasteiger partial charge in [0.25, 0.3) is 0 Å². The van der Waals surface area contributed by atoms with Crippen molar-refractivity contribution in [3.8, 4) is 0 Å². The zero-order chi connectivity index (χ0) is 18.4. The van der Waals surface area contributed by atoms with E-state index in [1.807, 2.05) is 26.0 Å². The van der Waals surface area contributed by atoms with Crippen molar-refractivity contribution in [2.75, 3.05) is 0 Å². The van der Waals surface area contributed by atoms with E-state index in [0.29, 0.717) is 12.8 Å². The molecular weight excluding hydrogens is 320 g/mol. The molecule has 0 amide bonds. The molecule has 5 nitrogen and oxygen atoms in total. The number of rotatable bonds is 6. The summed E-state index contributed by atoms with van der Waals surface area (Å²) in [6.45, 7) is 7.46. The zero-order valence-electron chi connectivity index (χ0n) is 15.6. The smallest absolute Gasteiger partial charge is 0.130 e. The van der Waals surface area contributed by atoms with Gasteiger partial charge in [-0.2, -0.15) is 0 Å². The lowest BCUT2D eigenvalue weighted by molar-refractivity contribution is -0.189. The van der Waals surface area contributed by atoms with Gasteiger partial charge >= 0.3 is 0 Å². The molecule has 2 N–H and O–H groups in total. The monoisotopic (exact) mass is 350 g/mol. The molecule has 1 aliphatic carbocycles. The molecule has 3 rings (SSSR count). The number of epoxide rings is 1. The first-order valence-electron chi connectivity index (χ1n) is 9.33. The normalized spacial score (nSPS) is 39.3. The van der Waals surface area contributed by atoms with Gasteiger partial charge in [0, 0.05) is 12.8 Å². The average molecular weight is 350 g/mol. The maximum Gasteiger partial charge on any atom is 0.130 e. The van der Waals surface area contributed by atoms with Crippen LogP contribution in [0.15, 0.2) is 23.3 Å². The van der Waals surface area contributed by atoms with E-state index in [2.05, 4.69) is 6.92 Å². The predicted octanol–water partition coefficient (Wildman–Crippen LogP) is 2.45. The predicted molar refractivity (Wildman–Crippen MR) is 94.2 cm³/mol. The van der Waals surface area contributed by atoms with Gasteiger partial charge in [-0.05, 0) is 51.2 Å². The molecule has 1 spiro atoms. The molecule has 3 aliphatic rings. The Balaban J connectivity index is 1.82. The zero-order valence-corrected chi connectivity index (χ0v) is 15.6. The van der Waals surface area contributed by atoms with Crippen LogP contribution in [0.25, 0.3) is 0 Å². The number of ether oxygens (including phenoxy) is 2. The number of aliphatic hydroxyl groups excluding tert-OH is 2. The summed E-state index contributed by atoms with van der Waals surface area (Å²) in [6.07, 6.45) is 5.63. The first-order chi connectivity index (χ1) is 11.7. The van der Waals surface area contributed by atoms with Crippen molar-refractivity contribution >= 4 is 5.78 Å². The third kappa shape index (κ3) is 3.23. The SMILES string of the molecule is CCC1=C(C=CCCCC(C)=O)C(O)C2OC23CC(O)C(C)(C)OC13. The van der Waals surface area contributed by atoms with E-state index in [1.165, 1.54) is 0 Å². The minimum Gasteiger partial charge on any atom is -0.390 e. The number of Topliss-reactive ketones (excluding diaryl/α,β-unsaturated/α-hetero) is 1. The second-order valence-corrected chi connectivity index (χ2v) is 8.09. The highest BCUT2D eigenvalue weighted by atomic mass is 16.7. The molecule has 5 unspecified atom stereocenters. The number of allylic oxidation sites excluding steroid dienone is 1. The molecular formula is C20H30O5. The van der Waals surface area contributed by atoms with E-state index in [9.17, 15) is 15.0 Å². The highest BCUT2D eigenvalue weighted by Crippen LogP contribution is 2.58. The standard InChI is InChI=1S/C20H30O5/c1-5-13-14(10-8-6-7-9-12(2)21)16(23)18-20(25-18)11-15(22)19(3,4)24-17(13)20/h8,10,15-18,22-23H,5-7,9,11H2,1-4H3. The first kappa shape index (κ1) is 18.8. The van der Waals surface area contributed by atoms with Crippen LogP contribution >= 0.6 is 0 Å². The molecule has 0 radical (unpaired) electrons. The maximum atomic E-state index is 11.0. The van der Waals surface area contributed by atoms with Crippen LogP contribution in [0.3, 0.4) is 0 Å². The molecule has 140 valence electrons. The molecule has 0 bridgehead atoms. The van der Waals surface area contributed by atoms with Gasteiger partial charge in [0.2, 0.25) is 0 Å².